The number of hydrogen-bond donors (Lipinski definition) is 2. The molecule has 174 valence electrons. The van der Waals surface area contributed by atoms with Crippen molar-refractivity contribution in [3.05, 3.63) is 60.3 Å². The molecule has 10 heteroatoms. The van der Waals surface area contributed by atoms with Crippen LogP contribution in [0.5, 0.6) is 0 Å². The van der Waals surface area contributed by atoms with E-state index in [1.54, 1.807) is 35.4 Å². The van der Waals surface area contributed by atoms with E-state index in [1.807, 2.05) is 26.0 Å². The summed E-state index contributed by atoms with van der Waals surface area (Å²) in [4.78, 5) is 25.5. The summed E-state index contributed by atoms with van der Waals surface area (Å²) in [5, 5.41) is 17.6. The number of aliphatic hydroxyl groups is 1. The number of amides is 1. The number of fused-ring (bicyclic) bond motifs is 1. The fraction of sp³-hybridized carbons (Fsp3) is 0.292. The Morgan fingerprint density at radius 1 is 1.26 bits per heavy atom. The number of aryl methyl sites for hydroxylation is 1. The topological polar surface area (TPSA) is 106 Å². The van der Waals surface area contributed by atoms with E-state index in [1.165, 1.54) is 6.20 Å². The molecule has 0 unspecified atom stereocenters. The summed E-state index contributed by atoms with van der Waals surface area (Å²) in [5.74, 6) is -4.33. The standard InChI is InChI=1S/C24H22F2N6O2/c1-3-20(33)19-7-13(2)16(12-27-19)15-8-14-11-28-21(31-23(34)17-10-24(17,25)26)9-18(14)30-22(15)32-6-4-5-29-32/h4-9,11-12,17,20,33H,3,10H2,1-2H3,(H,28,31,34)/t17-,20-/m1/s1. The van der Waals surface area contributed by atoms with Crippen LogP contribution >= 0.6 is 0 Å². The third-order valence-corrected chi connectivity index (χ3v) is 5.94. The predicted octanol–water partition coefficient (Wildman–Crippen LogP) is 4.22. The van der Waals surface area contributed by atoms with Gasteiger partial charge in [-0.1, -0.05) is 6.92 Å². The molecule has 4 aromatic rings. The minimum Gasteiger partial charge on any atom is -0.387 e. The summed E-state index contributed by atoms with van der Waals surface area (Å²) in [6.45, 7) is 3.82. The summed E-state index contributed by atoms with van der Waals surface area (Å²) in [6, 6.07) is 7.07. The smallest absolute Gasteiger partial charge is 0.260 e. The normalized spacial score (nSPS) is 17.5. The van der Waals surface area contributed by atoms with Gasteiger partial charge in [0.25, 0.3) is 5.92 Å². The molecule has 0 radical (unpaired) electrons. The minimum atomic E-state index is -2.95. The Morgan fingerprint density at radius 3 is 2.71 bits per heavy atom. The third-order valence-electron chi connectivity index (χ3n) is 5.94. The highest BCUT2D eigenvalue weighted by atomic mass is 19.3. The molecule has 1 fully saturated rings. The number of aliphatic hydroxyl groups excluding tert-OH is 1. The van der Waals surface area contributed by atoms with E-state index in [0.29, 0.717) is 28.8 Å². The van der Waals surface area contributed by atoms with E-state index < -0.39 is 30.3 Å². The number of hydrogen-bond acceptors (Lipinski definition) is 6. The zero-order valence-corrected chi connectivity index (χ0v) is 18.5. The monoisotopic (exact) mass is 464 g/mol. The second-order valence-corrected chi connectivity index (χ2v) is 8.43. The molecule has 34 heavy (non-hydrogen) atoms. The molecule has 0 aromatic carbocycles. The van der Waals surface area contributed by atoms with Crippen LogP contribution in [0, 0.1) is 12.8 Å². The number of pyridine rings is 3. The fourth-order valence-electron chi connectivity index (χ4n) is 3.86. The van der Waals surface area contributed by atoms with Crippen molar-refractivity contribution in [2.75, 3.05) is 5.32 Å². The van der Waals surface area contributed by atoms with Gasteiger partial charge in [0.2, 0.25) is 5.91 Å². The molecule has 0 spiro atoms. The van der Waals surface area contributed by atoms with Gasteiger partial charge in [0, 0.05) is 53.8 Å². The zero-order chi connectivity index (χ0) is 24.0. The predicted molar refractivity (Wildman–Crippen MR) is 122 cm³/mol. The number of nitrogens with zero attached hydrogens (tertiary/aromatic N) is 5. The number of nitrogens with one attached hydrogen (secondary N) is 1. The summed E-state index contributed by atoms with van der Waals surface area (Å²) in [7, 11) is 0. The van der Waals surface area contributed by atoms with E-state index >= 15 is 0 Å². The van der Waals surface area contributed by atoms with Gasteiger partial charge >= 0.3 is 0 Å². The summed E-state index contributed by atoms with van der Waals surface area (Å²) >= 11 is 0. The molecule has 8 nitrogen and oxygen atoms in total. The largest absolute Gasteiger partial charge is 0.387 e. The second kappa shape index (κ2) is 8.21. The van der Waals surface area contributed by atoms with Gasteiger partial charge in [-0.15, -0.1) is 0 Å². The molecule has 1 aliphatic rings. The number of rotatable bonds is 6. The highest BCUT2D eigenvalue weighted by molar-refractivity contribution is 5.96. The van der Waals surface area contributed by atoms with Crippen molar-refractivity contribution in [3.8, 4) is 16.9 Å². The summed E-state index contributed by atoms with van der Waals surface area (Å²) in [5.41, 5.74) is 3.61. The van der Waals surface area contributed by atoms with Crippen LogP contribution in [-0.4, -0.2) is 41.7 Å². The lowest BCUT2D eigenvalue weighted by molar-refractivity contribution is -0.119. The molecular formula is C24H22F2N6O2. The van der Waals surface area contributed by atoms with Gasteiger partial charge in [0.15, 0.2) is 5.82 Å². The number of carbonyl (C=O) groups is 1. The second-order valence-electron chi connectivity index (χ2n) is 8.43. The van der Waals surface area contributed by atoms with Crippen LogP contribution in [0.25, 0.3) is 27.8 Å². The SMILES string of the molecule is CC[C@@H](O)c1cc(C)c(-c2cc3cnc(NC(=O)[C@H]4CC4(F)F)cc3nc2-n2cccn2)cn1. The molecule has 0 bridgehead atoms. The molecule has 4 heterocycles. The number of carbonyl (C=O) groups excluding carboxylic acids is 1. The van der Waals surface area contributed by atoms with E-state index in [9.17, 15) is 18.7 Å². The Hall–Kier alpha value is -3.79. The molecule has 1 amide bonds. The highest BCUT2D eigenvalue weighted by Gasteiger charge is 2.61. The Bertz CT molecular complexity index is 1390. The lowest BCUT2D eigenvalue weighted by Gasteiger charge is -2.15. The first-order valence-electron chi connectivity index (χ1n) is 10.9. The van der Waals surface area contributed by atoms with Crippen molar-refractivity contribution in [3.63, 3.8) is 0 Å². The van der Waals surface area contributed by atoms with Crippen LogP contribution in [0.15, 0.2) is 49.1 Å². The first kappa shape index (κ1) is 22.0. The Balaban J connectivity index is 1.57. The van der Waals surface area contributed by atoms with Crippen LogP contribution < -0.4 is 5.32 Å². The van der Waals surface area contributed by atoms with Crippen LogP contribution in [0.3, 0.4) is 0 Å². The summed E-state index contributed by atoms with van der Waals surface area (Å²) in [6.07, 6.45) is 6.11. The van der Waals surface area contributed by atoms with Gasteiger partial charge in [0.1, 0.15) is 11.7 Å². The lowest BCUT2D eigenvalue weighted by atomic mass is 10.00. The first-order chi connectivity index (χ1) is 16.3. The molecule has 1 aliphatic carbocycles. The maximum absolute atomic E-state index is 13.2. The Kier molecular flexibility index (Phi) is 5.32. The van der Waals surface area contributed by atoms with Gasteiger partial charge in [-0.05, 0) is 37.1 Å². The van der Waals surface area contributed by atoms with Crippen LogP contribution in [0.4, 0.5) is 14.6 Å². The van der Waals surface area contributed by atoms with Crippen molar-refractivity contribution in [2.24, 2.45) is 5.92 Å². The molecular weight excluding hydrogens is 442 g/mol. The van der Waals surface area contributed by atoms with Crippen LogP contribution in [0.2, 0.25) is 0 Å². The quantitative estimate of drug-likeness (QED) is 0.443. The molecule has 0 aliphatic heterocycles. The molecule has 0 saturated heterocycles. The van der Waals surface area contributed by atoms with Crippen molar-refractivity contribution in [2.45, 2.75) is 38.7 Å². The molecule has 2 N–H and O–H groups in total. The third kappa shape index (κ3) is 4.01. The highest BCUT2D eigenvalue weighted by Crippen LogP contribution is 2.49. The number of halogens is 2. The Morgan fingerprint density at radius 2 is 2.06 bits per heavy atom. The maximum Gasteiger partial charge on any atom is 0.260 e. The number of aromatic nitrogens is 5. The van der Waals surface area contributed by atoms with E-state index in [0.717, 1.165) is 16.7 Å². The minimum absolute atomic E-state index is 0.155. The van der Waals surface area contributed by atoms with Gasteiger partial charge in [-0.3, -0.25) is 9.78 Å². The first-order valence-corrected chi connectivity index (χ1v) is 10.9. The van der Waals surface area contributed by atoms with Gasteiger partial charge in [0.05, 0.1) is 17.3 Å². The average Bonchev–Trinajstić information content (AvgIpc) is 3.20. The van der Waals surface area contributed by atoms with E-state index in [-0.39, 0.29) is 5.82 Å². The fourth-order valence-corrected chi connectivity index (χ4v) is 3.86. The average molecular weight is 464 g/mol. The zero-order valence-electron chi connectivity index (χ0n) is 18.5. The number of anilines is 1. The van der Waals surface area contributed by atoms with Crippen LogP contribution in [0.1, 0.15) is 37.1 Å². The Labute approximate surface area is 193 Å². The van der Waals surface area contributed by atoms with E-state index in [2.05, 4.69) is 20.4 Å². The molecule has 5 rings (SSSR count). The van der Waals surface area contributed by atoms with Gasteiger partial charge in [-0.2, -0.15) is 5.10 Å². The molecule has 4 aromatic heterocycles. The molecule has 1 saturated carbocycles. The maximum atomic E-state index is 13.2. The summed E-state index contributed by atoms with van der Waals surface area (Å²) < 4.78 is 28.1. The van der Waals surface area contributed by atoms with Crippen molar-refractivity contribution in [1.82, 2.24) is 24.7 Å². The molecule has 2 atom stereocenters. The van der Waals surface area contributed by atoms with Crippen molar-refractivity contribution < 1.29 is 18.7 Å². The van der Waals surface area contributed by atoms with E-state index in [4.69, 9.17) is 4.98 Å². The van der Waals surface area contributed by atoms with Crippen molar-refractivity contribution >= 4 is 22.6 Å². The van der Waals surface area contributed by atoms with Gasteiger partial charge < -0.3 is 10.4 Å². The van der Waals surface area contributed by atoms with Crippen molar-refractivity contribution in [1.29, 1.82) is 0 Å². The lowest BCUT2D eigenvalue weighted by Crippen LogP contribution is -2.18. The van der Waals surface area contributed by atoms with Gasteiger partial charge in [-0.25, -0.2) is 23.4 Å². The number of alkyl halides is 2. The van der Waals surface area contributed by atoms with Crippen LogP contribution in [-0.2, 0) is 4.79 Å².